The summed E-state index contributed by atoms with van der Waals surface area (Å²) < 4.78 is 1.76. The van der Waals surface area contributed by atoms with Gasteiger partial charge in [-0.1, -0.05) is 40.3 Å². The molecule has 0 aromatic carbocycles. The molecule has 1 fully saturated rings. The predicted octanol–water partition coefficient (Wildman–Crippen LogP) is 1.74. The van der Waals surface area contributed by atoms with E-state index in [1.165, 1.54) is 32.1 Å². The van der Waals surface area contributed by atoms with E-state index in [1.807, 2.05) is 7.05 Å². The van der Waals surface area contributed by atoms with Gasteiger partial charge >= 0.3 is 0 Å². The average molecular weight is 288 g/mol. The lowest BCUT2D eigenvalue weighted by Crippen LogP contribution is -2.39. The Balaban J connectivity index is 2.12. The Morgan fingerprint density at radius 1 is 1.38 bits per heavy atom. The standard InChI is InChI=1S/C10H18BrN5/c1-15-10(12-13-14-15)16(8-7-11)9-5-3-2-4-6-9/h9H,2-8H2,1H3. The van der Waals surface area contributed by atoms with Gasteiger partial charge in [-0.2, -0.15) is 0 Å². The van der Waals surface area contributed by atoms with Crippen LogP contribution >= 0.6 is 15.9 Å². The molecule has 0 N–H and O–H groups in total. The molecular weight excluding hydrogens is 270 g/mol. The Morgan fingerprint density at radius 3 is 2.69 bits per heavy atom. The highest BCUT2D eigenvalue weighted by molar-refractivity contribution is 9.09. The number of rotatable bonds is 4. The van der Waals surface area contributed by atoms with Gasteiger partial charge < -0.3 is 4.90 Å². The van der Waals surface area contributed by atoms with Crippen LogP contribution in [0, 0.1) is 0 Å². The summed E-state index contributed by atoms with van der Waals surface area (Å²) in [4.78, 5) is 2.34. The molecule has 1 aromatic heterocycles. The van der Waals surface area contributed by atoms with Crippen molar-refractivity contribution in [1.29, 1.82) is 0 Å². The molecule has 1 aromatic rings. The van der Waals surface area contributed by atoms with Crippen molar-refractivity contribution < 1.29 is 0 Å². The van der Waals surface area contributed by atoms with Crippen molar-refractivity contribution in [1.82, 2.24) is 20.2 Å². The maximum Gasteiger partial charge on any atom is 0.245 e. The molecule has 90 valence electrons. The summed E-state index contributed by atoms with van der Waals surface area (Å²) in [6.45, 7) is 0.971. The van der Waals surface area contributed by atoms with Crippen molar-refractivity contribution >= 4 is 21.9 Å². The molecule has 6 heteroatoms. The molecule has 0 aliphatic heterocycles. The molecule has 2 rings (SSSR count). The van der Waals surface area contributed by atoms with Crippen molar-refractivity contribution in [2.75, 3.05) is 16.8 Å². The first-order valence-electron chi connectivity index (χ1n) is 5.88. The lowest BCUT2D eigenvalue weighted by Gasteiger charge is -2.33. The monoisotopic (exact) mass is 287 g/mol. The smallest absolute Gasteiger partial charge is 0.245 e. The summed E-state index contributed by atoms with van der Waals surface area (Å²) in [5.41, 5.74) is 0. The Labute approximate surface area is 104 Å². The molecule has 0 spiro atoms. The van der Waals surface area contributed by atoms with E-state index in [9.17, 15) is 0 Å². The molecule has 0 saturated heterocycles. The zero-order valence-electron chi connectivity index (χ0n) is 9.64. The molecule has 0 bridgehead atoms. The maximum atomic E-state index is 4.12. The normalized spacial score (nSPS) is 17.6. The second-order valence-electron chi connectivity index (χ2n) is 4.28. The average Bonchev–Trinajstić information content (AvgIpc) is 2.73. The van der Waals surface area contributed by atoms with Crippen LogP contribution in [0.1, 0.15) is 32.1 Å². The van der Waals surface area contributed by atoms with Crippen LogP contribution in [-0.4, -0.2) is 38.1 Å². The SMILES string of the molecule is Cn1nnnc1N(CCBr)C1CCCCC1. The third-order valence-corrected chi connectivity index (χ3v) is 3.55. The van der Waals surface area contributed by atoms with Crippen molar-refractivity contribution in [3.63, 3.8) is 0 Å². The Morgan fingerprint density at radius 2 is 2.12 bits per heavy atom. The topological polar surface area (TPSA) is 46.8 Å². The van der Waals surface area contributed by atoms with Gasteiger partial charge in [-0.3, -0.25) is 0 Å². The number of nitrogens with zero attached hydrogens (tertiary/aromatic N) is 5. The van der Waals surface area contributed by atoms with E-state index in [4.69, 9.17) is 0 Å². The summed E-state index contributed by atoms with van der Waals surface area (Å²) in [7, 11) is 1.90. The highest BCUT2D eigenvalue weighted by Crippen LogP contribution is 2.25. The third kappa shape index (κ3) is 2.53. The largest absolute Gasteiger partial charge is 0.336 e. The molecule has 0 radical (unpaired) electrons. The van der Waals surface area contributed by atoms with Crippen LogP contribution in [0.5, 0.6) is 0 Å². The highest BCUT2D eigenvalue weighted by atomic mass is 79.9. The van der Waals surface area contributed by atoms with Gasteiger partial charge in [0.25, 0.3) is 0 Å². The van der Waals surface area contributed by atoms with Crippen LogP contribution in [0.25, 0.3) is 0 Å². The summed E-state index contributed by atoms with van der Waals surface area (Å²) in [5, 5.41) is 12.7. The van der Waals surface area contributed by atoms with Crippen LogP contribution in [0.4, 0.5) is 5.95 Å². The summed E-state index contributed by atoms with van der Waals surface area (Å²) in [5.74, 6) is 0.895. The molecule has 0 atom stereocenters. The lowest BCUT2D eigenvalue weighted by atomic mass is 9.94. The molecule has 0 amide bonds. The lowest BCUT2D eigenvalue weighted by molar-refractivity contribution is 0.412. The fourth-order valence-corrected chi connectivity index (χ4v) is 2.78. The zero-order chi connectivity index (χ0) is 11.4. The molecular formula is C10H18BrN5. The molecule has 1 saturated carbocycles. The van der Waals surface area contributed by atoms with E-state index in [1.54, 1.807) is 4.68 Å². The number of tetrazole rings is 1. The minimum Gasteiger partial charge on any atom is -0.336 e. The number of halogens is 1. The summed E-state index contributed by atoms with van der Waals surface area (Å²) >= 11 is 3.51. The van der Waals surface area contributed by atoms with Gasteiger partial charge in [-0.05, 0) is 23.3 Å². The van der Waals surface area contributed by atoms with E-state index in [2.05, 4.69) is 36.4 Å². The van der Waals surface area contributed by atoms with E-state index < -0.39 is 0 Å². The summed E-state index contributed by atoms with van der Waals surface area (Å²) in [6.07, 6.45) is 6.55. The van der Waals surface area contributed by atoms with Crippen molar-refractivity contribution in [2.45, 2.75) is 38.1 Å². The molecule has 16 heavy (non-hydrogen) atoms. The van der Waals surface area contributed by atoms with E-state index >= 15 is 0 Å². The number of anilines is 1. The summed E-state index contributed by atoms with van der Waals surface area (Å²) in [6, 6.07) is 0.607. The number of aromatic nitrogens is 4. The van der Waals surface area contributed by atoms with Gasteiger partial charge in [0.2, 0.25) is 5.95 Å². The van der Waals surface area contributed by atoms with Crippen molar-refractivity contribution in [3.8, 4) is 0 Å². The predicted molar refractivity (Wildman–Crippen MR) is 66.8 cm³/mol. The Kier molecular flexibility index (Phi) is 4.15. The first-order valence-corrected chi connectivity index (χ1v) is 7.00. The fraction of sp³-hybridized carbons (Fsp3) is 0.900. The first-order chi connectivity index (χ1) is 7.83. The van der Waals surface area contributed by atoms with Gasteiger partial charge in [0, 0.05) is 25.0 Å². The fourth-order valence-electron chi connectivity index (χ4n) is 2.40. The molecule has 1 aliphatic rings. The highest BCUT2D eigenvalue weighted by Gasteiger charge is 2.24. The number of alkyl halides is 1. The second-order valence-corrected chi connectivity index (χ2v) is 5.07. The maximum absolute atomic E-state index is 4.12. The van der Waals surface area contributed by atoms with Gasteiger partial charge in [0.15, 0.2) is 0 Å². The van der Waals surface area contributed by atoms with E-state index in [-0.39, 0.29) is 0 Å². The quantitative estimate of drug-likeness (QED) is 0.792. The van der Waals surface area contributed by atoms with Gasteiger partial charge in [-0.25, -0.2) is 4.68 Å². The van der Waals surface area contributed by atoms with Crippen LogP contribution in [0.3, 0.4) is 0 Å². The third-order valence-electron chi connectivity index (χ3n) is 3.20. The second kappa shape index (κ2) is 5.61. The van der Waals surface area contributed by atoms with Gasteiger partial charge in [0.05, 0.1) is 0 Å². The number of hydrogen-bond acceptors (Lipinski definition) is 4. The van der Waals surface area contributed by atoms with Crippen molar-refractivity contribution in [2.24, 2.45) is 7.05 Å². The number of aryl methyl sites for hydroxylation is 1. The van der Waals surface area contributed by atoms with Gasteiger partial charge in [-0.15, -0.1) is 0 Å². The minimum atomic E-state index is 0.607. The molecule has 1 aliphatic carbocycles. The molecule has 5 nitrogen and oxygen atoms in total. The molecule has 1 heterocycles. The van der Waals surface area contributed by atoms with Crippen LogP contribution in [0.15, 0.2) is 0 Å². The zero-order valence-corrected chi connectivity index (χ0v) is 11.2. The number of hydrogen-bond donors (Lipinski definition) is 0. The van der Waals surface area contributed by atoms with E-state index in [0.29, 0.717) is 6.04 Å². The molecule has 0 unspecified atom stereocenters. The van der Waals surface area contributed by atoms with Crippen LogP contribution < -0.4 is 4.90 Å². The Hall–Kier alpha value is -0.650. The van der Waals surface area contributed by atoms with E-state index in [0.717, 1.165) is 17.8 Å². The van der Waals surface area contributed by atoms with Crippen molar-refractivity contribution in [3.05, 3.63) is 0 Å². The van der Waals surface area contributed by atoms with Crippen LogP contribution in [-0.2, 0) is 7.05 Å². The minimum absolute atomic E-state index is 0.607. The van der Waals surface area contributed by atoms with Crippen LogP contribution in [0.2, 0.25) is 0 Å². The van der Waals surface area contributed by atoms with Gasteiger partial charge in [0.1, 0.15) is 0 Å². The first kappa shape index (κ1) is 11.8. The Bertz CT molecular complexity index is 321.